The van der Waals surface area contributed by atoms with Gasteiger partial charge in [-0.1, -0.05) is 0 Å². The van der Waals surface area contributed by atoms with Gasteiger partial charge >= 0.3 is 0 Å². The summed E-state index contributed by atoms with van der Waals surface area (Å²) in [6.45, 7) is 3.50. The van der Waals surface area contributed by atoms with Crippen LogP contribution in [0.5, 0.6) is 0 Å². The summed E-state index contributed by atoms with van der Waals surface area (Å²) in [5.74, 6) is 0. The zero-order chi connectivity index (χ0) is 11.7. The molecule has 2 N–H and O–H groups in total. The highest BCUT2D eigenvalue weighted by Crippen LogP contribution is 2.32. The first-order chi connectivity index (χ1) is 6.83. The van der Waals surface area contributed by atoms with Crippen molar-refractivity contribution >= 4 is 10.2 Å². The van der Waals surface area contributed by atoms with Gasteiger partial charge in [0.05, 0.1) is 12.1 Å². The van der Waals surface area contributed by atoms with Crippen LogP contribution in [-0.4, -0.2) is 43.1 Å². The Morgan fingerprint density at radius 2 is 2.00 bits per heavy atom. The molecule has 0 amide bonds. The predicted octanol–water partition coefficient (Wildman–Crippen LogP) is 0.0760. The van der Waals surface area contributed by atoms with Gasteiger partial charge in [-0.05, 0) is 33.1 Å². The number of rotatable bonds is 5. The zero-order valence-electron chi connectivity index (χ0n) is 9.52. The molecule has 0 saturated heterocycles. The van der Waals surface area contributed by atoms with Crippen molar-refractivity contribution in [2.24, 2.45) is 0 Å². The van der Waals surface area contributed by atoms with Crippen molar-refractivity contribution in [1.29, 1.82) is 0 Å². The van der Waals surface area contributed by atoms with Gasteiger partial charge in [0.15, 0.2) is 0 Å². The zero-order valence-corrected chi connectivity index (χ0v) is 10.3. The Hall–Kier alpha value is -0.170. The average Bonchev–Trinajstić information content (AvgIpc) is 2.10. The summed E-state index contributed by atoms with van der Waals surface area (Å²) in [5, 5.41) is 9.17. The van der Waals surface area contributed by atoms with E-state index in [-0.39, 0.29) is 12.6 Å². The van der Waals surface area contributed by atoms with Gasteiger partial charge in [0.2, 0.25) is 0 Å². The van der Waals surface area contributed by atoms with Gasteiger partial charge in [-0.25, -0.2) is 0 Å². The third-order valence-corrected chi connectivity index (χ3v) is 4.94. The quantitative estimate of drug-likeness (QED) is 0.710. The third kappa shape index (κ3) is 2.69. The minimum atomic E-state index is -3.47. The van der Waals surface area contributed by atoms with Crippen LogP contribution < -0.4 is 4.72 Å². The van der Waals surface area contributed by atoms with Crippen LogP contribution in [0.4, 0.5) is 0 Å². The van der Waals surface area contributed by atoms with Crippen LogP contribution in [0, 0.1) is 0 Å². The van der Waals surface area contributed by atoms with E-state index in [1.54, 1.807) is 0 Å². The topological polar surface area (TPSA) is 69.6 Å². The maximum Gasteiger partial charge on any atom is 0.280 e. The molecule has 1 aliphatic rings. The van der Waals surface area contributed by atoms with Gasteiger partial charge < -0.3 is 5.11 Å². The monoisotopic (exact) mass is 236 g/mol. The van der Waals surface area contributed by atoms with E-state index in [0.29, 0.717) is 12.8 Å². The molecular formula is C9H20N2O3S. The average molecular weight is 236 g/mol. The summed E-state index contributed by atoms with van der Waals surface area (Å²) < 4.78 is 27.6. The van der Waals surface area contributed by atoms with E-state index in [1.807, 2.05) is 13.8 Å². The second-order valence-electron chi connectivity index (χ2n) is 4.51. The molecule has 15 heavy (non-hydrogen) atoms. The van der Waals surface area contributed by atoms with Crippen LogP contribution in [0.15, 0.2) is 0 Å². The Bertz CT molecular complexity index is 304. The second-order valence-corrected chi connectivity index (χ2v) is 6.24. The minimum absolute atomic E-state index is 0.0849. The van der Waals surface area contributed by atoms with Crippen LogP contribution >= 0.6 is 0 Å². The molecule has 0 aromatic rings. The van der Waals surface area contributed by atoms with Gasteiger partial charge in [-0.2, -0.15) is 17.4 Å². The molecule has 5 nitrogen and oxygen atoms in total. The van der Waals surface area contributed by atoms with E-state index in [2.05, 4.69) is 4.72 Å². The van der Waals surface area contributed by atoms with E-state index < -0.39 is 15.7 Å². The molecule has 90 valence electrons. The molecule has 0 radical (unpaired) electrons. The van der Waals surface area contributed by atoms with E-state index in [9.17, 15) is 13.5 Å². The van der Waals surface area contributed by atoms with Crippen LogP contribution in [0.25, 0.3) is 0 Å². The van der Waals surface area contributed by atoms with Crippen molar-refractivity contribution in [3.05, 3.63) is 0 Å². The second kappa shape index (κ2) is 4.37. The maximum absolute atomic E-state index is 11.8. The number of nitrogens with one attached hydrogen (secondary N) is 1. The molecule has 1 rings (SSSR count). The highest BCUT2D eigenvalue weighted by atomic mass is 32.2. The lowest BCUT2D eigenvalue weighted by molar-refractivity contribution is 0.108. The lowest BCUT2D eigenvalue weighted by Gasteiger charge is -2.41. The van der Waals surface area contributed by atoms with Crippen LogP contribution in [0.3, 0.4) is 0 Å². The largest absolute Gasteiger partial charge is 0.394 e. The predicted molar refractivity (Wildman–Crippen MR) is 58.6 cm³/mol. The molecule has 1 aliphatic carbocycles. The van der Waals surface area contributed by atoms with Crippen LogP contribution in [0.1, 0.15) is 33.1 Å². The third-order valence-electron chi connectivity index (χ3n) is 3.07. The van der Waals surface area contributed by atoms with E-state index in [0.717, 1.165) is 6.42 Å². The molecule has 6 heteroatoms. The van der Waals surface area contributed by atoms with Gasteiger partial charge in [0, 0.05) is 13.1 Å². The number of aliphatic hydroxyl groups excluding tert-OH is 1. The van der Waals surface area contributed by atoms with Crippen LogP contribution in [-0.2, 0) is 10.2 Å². The number of aliphatic hydroxyl groups is 1. The van der Waals surface area contributed by atoms with E-state index in [4.69, 9.17) is 0 Å². The number of hydrogen-bond acceptors (Lipinski definition) is 3. The standard InChI is InChI=1S/C9H20N2O3S/c1-8(2)11(3)15(13,14)10-9(7-12)5-4-6-9/h8,10,12H,4-7H2,1-3H3. The van der Waals surface area contributed by atoms with Crippen molar-refractivity contribution < 1.29 is 13.5 Å². The fraction of sp³-hybridized carbons (Fsp3) is 1.00. The van der Waals surface area contributed by atoms with E-state index in [1.165, 1.54) is 11.4 Å². The lowest BCUT2D eigenvalue weighted by atomic mass is 9.78. The molecule has 0 aromatic heterocycles. The highest BCUT2D eigenvalue weighted by Gasteiger charge is 2.41. The maximum atomic E-state index is 11.8. The summed E-state index contributed by atoms with van der Waals surface area (Å²) >= 11 is 0. The lowest BCUT2D eigenvalue weighted by Crippen LogP contribution is -2.59. The Morgan fingerprint density at radius 1 is 1.47 bits per heavy atom. The summed E-state index contributed by atoms with van der Waals surface area (Å²) in [4.78, 5) is 0. The van der Waals surface area contributed by atoms with Crippen LogP contribution in [0.2, 0.25) is 0 Å². The number of nitrogens with zero attached hydrogens (tertiary/aromatic N) is 1. The van der Waals surface area contributed by atoms with Crippen molar-refractivity contribution in [3.8, 4) is 0 Å². The first-order valence-corrected chi connectivity index (χ1v) is 6.65. The Morgan fingerprint density at radius 3 is 2.27 bits per heavy atom. The minimum Gasteiger partial charge on any atom is -0.394 e. The summed E-state index contributed by atoms with van der Waals surface area (Å²) in [6, 6.07) is -0.0849. The van der Waals surface area contributed by atoms with Gasteiger partial charge in [-0.15, -0.1) is 0 Å². The summed E-state index contributed by atoms with van der Waals surface area (Å²) in [5.41, 5.74) is -0.609. The molecule has 0 atom stereocenters. The first-order valence-electron chi connectivity index (χ1n) is 5.21. The fourth-order valence-corrected chi connectivity index (χ4v) is 3.03. The SMILES string of the molecule is CC(C)N(C)S(=O)(=O)NC1(CO)CCC1. The normalized spacial score (nSPS) is 20.7. The molecule has 0 bridgehead atoms. The molecule has 1 saturated carbocycles. The number of hydrogen-bond donors (Lipinski definition) is 2. The van der Waals surface area contributed by atoms with Crippen molar-refractivity contribution in [1.82, 2.24) is 9.03 Å². The molecule has 0 unspecified atom stereocenters. The first kappa shape index (κ1) is 12.9. The summed E-state index contributed by atoms with van der Waals surface area (Å²) in [6.07, 6.45) is 2.40. The van der Waals surface area contributed by atoms with E-state index >= 15 is 0 Å². The Labute approximate surface area is 91.7 Å². The van der Waals surface area contributed by atoms with Gasteiger partial charge in [-0.3, -0.25) is 0 Å². The highest BCUT2D eigenvalue weighted by molar-refractivity contribution is 7.87. The molecule has 1 fully saturated rings. The van der Waals surface area contributed by atoms with Crippen molar-refractivity contribution in [3.63, 3.8) is 0 Å². The Balaban J connectivity index is 2.71. The molecule has 0 aromatic carbocycles. The molecule has 0 spiro atoms. The fourth-order valence-electron chi connectivity index (χ4n) is 1.52. The van der Waals surface area contributed by atoms with Crippen molar-refractivity contribution in [2.75, 3.05) is 13.7 Å². The van der Waals surface area contributed by atoms with Gasteiger partial charge in [0.25, 0.3) is 10.2 Å². The van der Waals surface area contributed by atoms with Crippen molar-refractivity contribution in [2.45, 2.75) is 44.7 Å². The Kier molecular flexibility index (Phi) is 3.76. The molecule has 0 aliphatic heterocycles. The molecule has 0 heterocycles. The smallest absolute Gasteiger partial charge is 0.280 e. The summed E-state index contributed by atoms with van der Waals surface area (Å²) in [7, 11) is -1.93. The van der Waals surface area contributed by atoms with Gasteiger partial charge in [0.1, 0.15) is 0 Å². The molecular weight excluding hydrogens is 216 g/mol.